The molecule has 4 rings (SSSR count). The first kappa shape index (κ1) is 15.1. The van der Waals surface area contributed by atoms with Gasteiger partial charge in [0.2, 0.25) is 5.95 Å². The van der Waals surface area contributed by atoms with Crippen LogP contribution in [0.25, 0.3) is 0 Å². The summed E-state index contributed by atoms with van der Waals surface area (Å²) in [6.07, 6.45) is 4.60. The van der Waals surface area contributed by atoms with E-state index in [-0.39, 0.29) is 5.91 Å². The number of carbonyl (C=O) groups excluding carboxylic acids is 1. The van der Waals surface area contributed by atoms with Crippen LogP contribution < -0.4 is 10.2 Å². The van der Waals surface area contributed by atoms with Crippen molar-refractivity contribution in [3.8, 4) is 0 Å². The normalized spacial score (nSPS) is 17.3. The van der Waals surface area contributed by atoms with Crippen molar-refractivity contribution in [3.63, 3.8) is 0 Å². The number of nitrogens with zero attached hydrogens (tertiary/aromatic N) is 4. The van der Waals surface area contributed by atoms with E-state index in [0.717, 1.165) is 49.0 Å². The Bertz CT molecular complexity index is 747. The van der Waals surface area contributed by atoms with Crippen LogP contribution in [0.15, 0.2) is 16.7 Å². The summed E-state index contributed by atoms with van der Waals surface area (Å²) < 4.78 is 5.22. The molecule has 0 atom stereocenters. The minimum absolute atomic E-state index is 0.232. The van der Waals surface area contributed by atoms with E-state index < -0.39 is 0 Å². The molecule has 2 fully saturated rings. The van der Waals surface area contributed by atoms with Gasteiger partial charge in [-0.1, -0.05) is 5.16 Å². The number of hydrogen-bond donors (Lipinski definition) is 1. The van der Waals surface area contributed by atoms with Gasteiger partial charge < -0.3 is 14.7 Å². The highest BCUT2D eigenvalue weighted by atomic mass is 16.5. The molecule has 1 aliphatic heterocycles. The number of carbonyl (C=O) groups is 1. The zero-order valence-electron chi connectivity index (χ0n) is 13.8. The van der Waals surface area contributed by atoms with Gasteiger partial charge >= 0.3 is 0 Å². The number of amides is 1. The van der Waals surface area contributed by atoms with E-state index in [1.165, 1.54) is 12.8 Å². The summed E-state index contributed by atoms with van der Waals surface area (Å²) >= 11 is 0. The minimum Gasteiger partial charge on any atom is -0.360 e. The largest absolute Gasteiger partial charge is 0.360 e. The predicted octanol–water partition coefficient (Wildman–Crippen LogP) is 2.18. The summed E-state index contributed by atoms with van der Waals surface area (Å²) in [6, 6.07) is 3.65. The number of hydrogen-bond acceptors (Lipinski definition) is 6. The van der Waals surface area contributed by atoms with Gasteiger partial charge in [0.1, 0.15) is 5.76 Å². The third kappa shape index (κ3) is 3.25. The van der Waals surface area contributed by atoms with Crippen LogP contribution >= 0.6 is 0 Å². The quantitative estimate of drug-likeness (QED) is 0.906. The first-order valence-electron chi connectivity index (χ1n) is 8.53. The highest BCUT2D eigenvalue weighted by Crippen LogP contribution is 2.40. The van der Waals surface area contributed by atoms with E-state index in [2.05, 4.69) is 25.3 Å². The Balaban J connectivity index is 1.41. The van der Waals surface area contributed by atoms with Crippen molar-refractivity contribution in [1.82, 2.24) is 20.4 Å². The molecular weight excluding hydrogens is 306 g/mol. The lowest BCUT2D eigenvalue weighted by molar-refractivity contribution is 0.0941. The van der Waals surface area contributed by atoms with Gasteiger partial charge in [-0.3, -0.25) is 4.79 Å². The Morgan fingerprint density at radius 2 is 2.08 bits per heavy atom. The first-order valence-corrected chi connectivity index (χ1v) is 8.53. The molecule has 1 N–H and O–H groups in total. The van der Waals surface area contributed by atoms with Crippen LogP contribution in [0, 0.1) is 6.92 Å². The lowest BCUT2D eigenvalue weighted by atomic mass is 10.2. The summed E-state index contributed by atoms with van der Waals surface area (Å²) in [4.78, 5) is 23.5. The molecule has 0 radical (unpaired) electrons. The smallest absolute Gasteiger partial charge is 0.273 e. The summed E-state index contributed by atoms with van der Waals surface area (Å²) in [7, 11) is 0. The van der Waals surface area contributed by atoms with Crippen LogP contribution in [0.4, 0.5) is 5.95 Å². The van der Waals surface area contributed by atoms with Gasteiger partial charge in [-0.15, -0.1) is 0 Å². The van der Waals surface area contributed by atoms with E-state index in [1.54, 1.807) is 6.07 Å². The van der Waals surface area contributed by atoms with Crippen molar-refractivity contribution in [1.29, 1.82) is 0 Å². The topological polar surface area (TPSA) is 84.2 Å². The molecule has 7 heteroatoms. The second-order valence-electron chi connectivity index (χ2n) is 6.57. The Morgan fingerprint density at radius 3 is 2.83 bits per heavy atom. The van der Waals surface area contributed by atoms with Gasteiger partial charge in [-0.25, -0.2) is 9.97 Å². The van der Waals surface area contributed by atoms with E-state index >= 15 is 0 Å². The molecule has 1 aliphatic carbocycles. The molecule has 2 aromatic heterocycles. The van der Waals surface area contributed by atoms with Gasteiger partial charge in [0.25, 0.3) is 5.91 Å². The summed E-state index contributed by atoms with van der Waals surface area (Å²) in [5.41, 5.74) is 2.06. The molecule has 7 nitrogen and oxygen atoms in total. The monoisotopic (exact) mass is 327 g/mol. The number of aromatic nitrogens is 3. The van der Waals surface area contributed by atoms with E-state index in [4.69, 9.17) is 4.52 Å². The fourth-order valence-electron chi connectivity index (χ4n) is 2.98. The number of aryl methyl sites for hydroxylation is 1. The maximum absolute atomic E-state index is 12.2. The van der Waals surface area contributed by atoms with Crippen molar-refractivity contribution in [2.75, 3.05) is 18.0 Å². The van der Waals surface area contributed by atoms with Crippen LogP contribution in [-0.2, 0) is 6.54 Å². The molecule has 1 saturated carbocycles. The molecule has 3 heterocycles. The Kier molecular flexibility index (Phi) is 3.92. The maximum atomic E-state index is 12.2. The van der Waals surface area contributed by atoms with Crippen molar-refractivity contribution >= 4 is 11.9 Å². The van der Waals surface area contributed by atoms with Crippen LogP contribution in [-0.4, -0.2) is 34.1 Å². The highest BCUT2D eigenvalue weighted by Gasteiger charge is 2.28. The molecule has 0 bridgehead atoms. The molecule has 0 unspecified atom stereocenters. The van der Waals surface area contributed by atoms with Crippen molar-refractivity contribution in [2.45, 2.75) is 45.1 Å². The van der Waals surface area contributed by atoms with Crippen LogP contribution in [0.2, 0.25) is 0 Å². The second kappa shape index (κ2) is 6.22. The van der Waals surface area contributed by atoms with Crippen molar-refractivity contribution in [3.05, 3.63) is 35.0 Å². The average molecular weight is 327 g/mol. The molecule has 0 spiro atoms. The molecule has 1 saturated heterocycles. The Morgan fingerprint density at radius 1 is 1.29 bits per heavy atom. The summed E-state index contributed by atoms with van der Waals surface area (Å²) in [6.45, 7) is 4.30. The molecule has 126 valence electrons. The van der Waals surface area contributed by atoms with Crippen molar-refractivity contribution in [2.24, 2.45) is 0 Å². The molecule has 2 aromatic rings. The SMILES string of the molecule is Cc1cc(CNC(=O)c2cc(C3CC3)on2)nc(N2CCCC2)n1. The fraction of sp³-hybridized carbons (Fsp3) is 0.529. The summed E-state index contributed by atoms with van der Waals surface area (Å²) in [5.74, 6) is 1.79. The average Bonchev–Trinajstić information content (AvgIpc) is 3.09. The zero-order valence-corrected chi connectivity index (χ0v) is 13.8. The van der Waals surface area contributed by atoms with Crippen LogP contribution in [0.3, 0.4) is 0 Å². The van der Waals surface area contributed by atoms with E-state index in [9.17, 15) is 4.79 Å². The third-order valence-corrected chi connectivity index (χ3v) is 4.46. The van der Waals surface area contributed by atoms with Crippen LogP contribution in [0.1, 0.15) is 59.2 Å². The molecule has 2 aliphatic rings. The first-order chi connectivity index (χ1) is 11.7. The summed E-state index contributed by atoms with van der Waals surface area (Å²) in [5, 5.41) is 6.72. The lowest BCUT2D eigenvalue weighted by Gasteiger charge is -2.16. The van der Waals surface area contributed by atoms with Gasteiger partial charge in [-0.05, 0) is 38.7 Å². The number of rotatable bonds is 5. The second-order valence-corrected chi connectivity index (χ2v) is 6.57. The number of anilines is 1. The zero-order chi connectivity index (χ0) is 16.5. The Hall–Kier alpha value is -2.44. The standard InChI is InChI=1S/C17H21N5O2/c1-11-8-13(20-17(19-11)22-6-2-3-7-22)10-18-16(23)14-9-15(24-21-14)12-4-5-12/h8-9,12H,2-7,10H2,1H3,(H,18,23). The van der Waals surface area contributed by atoms with E-state index in [0.29, 0.717) is 18.2 Å². The molecular formula is C17H21N5O2. The van der Waals surface area contributed by atoms with Gasteiger partial charge in [0.15, 0.2) is 5.69 Å². The van der Waals surface area contributed by atoms with Crippen LogP contribution in [0.5, 0.6) is 0 Å². The van der Waals surface area contributed by atoms with Gasteiger partial charge in [0.05, 0.1) is 12.2 Å². The van der Waals surface area contributed by atoms with E-state index in [1.807, 2.05) is 13.0 Å². The Labute approximate surface area is 140 Å². The molecule has 0 aromatic carbocycles. The third-order valence-electron chi connectivity index (χ3n) is 4.46. The minimum atomic E-state index is -0.232. The highest BCUT2D eigenvalue weighted by molar-refractivity contribution is 5.92. The lowest BCUT2D eigenvalue weighted by Crippen LogP contribution is -2.25. The van der Waals surface area contributed by atoms with Gasteiger partial charge in [0, 0.05) is 30.8 Å². The van der Waals surface area contributed by atoms with Crippen molar-refractivity contribution < 1.29 is 9.32 Å². The predicted molar refractivity (Wildman–Crippen MR) is 87.9 cm³/mol. The number of nitrogens with one attached hydrogen (secondary N) is 1. The maximum Gasteiger partial charge on any atom is 0.273 e. The fourth-order valence-corrected chi connectivity index (χ4v) is 2.98. The van der Waals surface area contributed by atoms with Gasteiger partial charge in [-0.2, -0.15) is 0 Å². The molecule has 24 heavy (non-hydrogen) atoms. The molecule has 1 amide bonds.